The van der Waals surface area contributed by atoms with Crippen LogP contribution in [0, 0.1) is 18.8 Å². The fourth-order valence-electron chi connectivity index (χ4n) is 5.92. The lowest BCUT2D eigenvalue weighted by atomic mass is 9.54. The predicted molar refractivity (Wildman–Crippen MR) is 115 cm³/mol. The molecule has 3 aliphatic carbocycles. The predicted octanol–water partition coefficient (Wildman–Crippen LogP) is -0.196. The van der Waals surface area contributed by atoms with Crippen LogP contribution in [0.3, 0.4) is 0 Å². The minimum Gasteiger partial charge on any atom is -0.508 e. The standard InChI is InChI=1S/C23H26N2O8/c1-7-5-6-9(26)12-10(7)8(2)11-13(17(12)27)20(30)23(33)15(18(11)28)16(25(3)4)19(29)14(21(23)31)22(24)32/h5-6,8,11,15-16,18,26-28,31,33H,1-4H3,(H2,24,32)/t8-,11?,15?,16?,18-,23-/m0/s1. The molecule has 3 aliphatic rings. The Morgan fingerprint density at radius 2 is 1.76 bits per heavy atom. The molecule has 176 valence electrons. The molecular formula is C23H26N2O8. The van der Waals surface area contributed by atoms with Gasteiger partial charge < -0.3 is 31.3 Å². The van der Waals surface area contributed by atoms with Crippen molar-refractivity contribution in [2.24, 2.45) is 17.6 Å². The summed E-state index contributed by atoms with van der Waals surface area (Å²) in [6, 6.07) is 1.62. The maximum Gasteiger partial charge on any atom is 0.255 e. The first-order chi connectivity index (χ1) is 15.3. The van der Waals surface area contributed by atoms with Gasteiger partial charge in [0, 0.05) is 11.5 Å². The van der Waals surface area contributed by atoms with Crippen LogP contribution in [0.4, 0.5) is 0 Å². The zero-order valence-corrected chi connectivity index (χ0v) is 18.5. The maximum absolute atomic E-state index is 13.7. The van der Waals surface area contributed by atoms with E-state index in [1.54, 1.807) is 19.9 Å². The van der Waals surface area contributed by atoms with Gasteiger partial charge >= 0.3 is 0 Å². The number of nitrogens with zero attached hydrogens (tertiary/aromatic N) is 1. The van der Waals surface area contributed by atoms with E-state index >= 15 is 0 Å². The van der Waals surface area contributed by atoms with Crippen LogP contribution in [-0.2, 0) is 14.4 Å². The van der Waals surface area contributed by atoms with E-state index in [-0.39, 0.29) is 11.3 Å². The number of aliphatic hydroxyl groups excluding tert-OH is 3. The van der Waals surface area contributed by atoms with E-state index in [0.717, 1.165) is 0 Å². The third-order valence-electron chi connectivity index (χ3n) is 7.33. The van der Waals surface area contributed by atoms with Crippen LogP contribution in [0.5, 0.6) is 5.75 Å². The molecule has 6 atom stereocenters. The Kier molecular flexibility index (Phi) is 4.97. The zero-order chi connectivity index (χ0) is 24.7. The topological polar surface area (TPSA) is 182 Å². The Morgan fingerprint density at radius 3 is 2.30 bits per heavy atom. The van der Waals surface area contributed by atoms with E-state index < -0.39 is 75.6 Å². The van der Waals surface area contributed by atoms with Gasteiger partial charge in [0.25, 0.3) is 5.91 Å². The minimum absolute atomic E-state index is 0.00834. The summed E-state index contributed by atoms with van der Waals surface area (Å²) in [6.45, 7) is 3.45. The summed E-state index contributed by atoms with van der Waals surface area (Å²) in [4.78, 5) is 40.1. The van der Waals surface area contributed by atoms with Crippen molar-refractivity contribution in [3.05, 3.63) is 45.7 Å². The van der Waals surface area contributed by atoms with Gasteiger partial charge in [0.05, 0.1) is 23.6 Å². The van der Waals surface area contributed by atoms with Crippen LogP contribution in [0.1, 0.15) is 29.5 Å². The van der Waals surface area contributed by atoms with E-state index in [4.69, 9.17) is 5.73 Å². The van der Waals surface area contributed by atoms with Crippen molar-refractivity contribution in [3.63, 3.8) is 0 Å². The molecular weight excluding hydrogens is 432 g/mol. The summed E-state index contributed by atoms with van der Waals surface area (Å²) in [5.74, 6) is -8.86. The second-order valence-electron chi connectivity index (χ2n) is 9.24. The van der Waals surface area contributed by atoms with Crippen LogP contribution in [0.2, 0.25) is 0 Å². The van der Waals surface area contributed by atoms with Crippen molar-refractivity contribution in [2.75, 3.05) is 14.1 Å². The van der Waals surface area contributed by atoms with Crippen molar-refractivity contribution in [2.45, 2.75) is 37.5 Å². The molecule has 0 saturated heterocycles. The average Bonchev–Trinajstić information content (AvgIpc) is 2.72. The van der Waals surface area contributed by atoms with Gasteiger partial charge in [-0.05, 0) is 44.1 Å². The number of benzene rings is 1. The Balaban J connectivity index is 2.08. The molecule has 1 aromatic carbocycles. The summed E-state index contributed by atoms with van der Waals surface area (Å²) >= 11 is 0. The molecule has 7 N–H and O–H groups in total. The SMILES string of the molecule is Cc1ccc(O)c2c1[C@H](C)C1C(=C2O)C(=O)[C@]2(O)C(O)=C(C(N)=O)C(=O)C(N(C)C)C2[C@H]1O. The van der Waals surface area contributed by atoms with Crippen LogP contribution in [0.15, 0.2) is 29.0 Å². The molecule has 10 heteroatoms. The summed E-state index contributed by atoms with van der Waals surface area (Å²) < 4.78 is 0. The first-order valence-corrected chi connectivity index (χ1v) is 10.4. The summed E-state index contributed by atoms with van der Waals surface area (Å²) in [6.07, 6.45) is -1.59. The van der Waals surface area contributed by atoms with E-state index in [2.05, 4.69) is 0 Å². The second-order valence-corrected chi connectivity index (χ2v) is 9.24. The number of Topliss-reactive ketones (excluding diaryl/α,β-unsaturated/α-hetero) is 2. The molecule has 0 heterocycles. The molecule has 0 spiro atoms. The number of aromatic hydroxyl groups is 1. The number of primary amides is 1. The van der Waals surface area contributed by atoms with Gasteiger partial charge in [-0.25, -0.2) is 0 Å². The van der Waals surface area contributed by atoms with Gasteiger partial charge in [-0.1, -0.05) is 13.0 Å². The highest BCUT2D eigenvalue weighted by Crippen LogP contribution is 2.56. The quantitative estimate of drug-likeness (QED) is 0.327. The fraction of sp³-hybridized carbons (Fsp3) is 0.435. The number of hydrogen-bond donors (Lipinski definition) is 6. The monoisotopic (exact) mass is 458 g/mol. The molecule has 0 bridgehead atoms. The molecule has 4 rings (SSSR count). The molecule has 1 amide bonds. The molecule has 3 unspecified atom stereocenters. The molecule has 33 heavy (non-hydrogen) atoms. The molecule has 1 saturated carbocycles. The van der Waals surface area contributed by atoms with E-state index in [1.807, 2.05) is 0 Å². The van der Waals surface area contributed by atoms with Gasteiger partial charge in [-0.3, -0.25) is 19.3 Å². The van der Waals surface area contributed by atoms with Crippen LogP contribution >= 0.6 is 0 Å². The number of fused-ring (bicyclic) bond motifs is 3. The van der Waals surface area contributed by atoms with Crippen molar-refractivity contribution < 1.29 is 39.9 Å². The zero-order valence-electron chi connectivity index (χ0n) is 18.5. The maximum atomic E-state index is 13.7. The first kappa shape index (κ1) is 23.0. The van der Waals surface area contributed by atoms with E-state index in [1.165, 1.54) is 25.1 Å². The number of carbonyl (C=O) groups excluding carboxylic acids is 3. The number of nitrogens with two attached hydrogens (primary N) is 1. The van der Waals surface area contributed by atoms with Crippen molar-refractivity contribution in [1.29, 1.82) is 0 Å². The number of phenols is 1. The third kappa shape index (κ3) is 2.68. The Bertz CT molecular complexity index is 1180. The lowest BCUT2D eigenvalue weighted by Crippen LogP contribution is -2.70. The molecule has 0 aromatic heterocycles. The Labute approximate surface area is 189 Å². The number of likely N-dealkylation sites (N-methyl/N-ethyl adjacent to an activating group) is 1. The van der Waals surface area contributed by atoms with Gasteiger partial charge in [-0.15, -0.1) is 0 Å². The average molecular weight is 458 g/mol. The molecule has 0 radical (unpaired) electrons. The molecule has 0 aliphatic heterocycles. The largest absolute Gasteiger partial charge is 0.508 e. The lowest BCUT2D eigenvalue weighted by Gasteiger charge is -2.53. The van der Waals surface area contributed by atoms with Gasteiger partial charge in [-0.2, -0.15) is 0 Å². The number of aliphatic hydroxyl groups is 4. The number of aryl methyl sites for hydroxylation is 1. The molecule has 10 nitrogen and oxygen atoms in total. The number of ketones is 2. The van der Waals surface area contributed by atoms with E-state index in [9.17, 15) is 39.9 Å². The van der Waals surface area contributed by atoms with Gasteiger partial charge in [0.1, 0.15) is 22.8 Å². The molecule has 1 fully saturated rings. The normalized spacial score (nSPS) is 33.7. The van der Waals surface area contributed by atoms with Crippen molar-refractivity contribution in [1.82, 2.24) is 4.90 Å². The summed E-state index contributed by atoms with van der Waals surface area (Å²) in [5.41, 5.74) is 2.25. The van der Waals surface area contributed by atoms with Crippen molar-refractivity contribution >= 4 is 23.2 Å². The summed E-state index contributed by atoms with van der Waals surface area (Å²) in [5, 5.41) is 55.3. The summed E-state index contributed by atoms with van der Waals surface area (Å²) in [7, 11) is 2.93. The minimum atomic E-state index is -2.90. The number of rotatable bonds is 2. The molecule has 1 aromatic rings. The number of carbonyl (C=O) groups is 3. The number of amides is 1. The van der Waals surface area contributed by atoms with Crippen LogP contribution < -0.4 is 5.73 Å². The second kappa shape index (κ2) is 7.14. The smallest absolute Gasteiger partial charge is 0.255 e. The van der Waals surface area contributed by atoms with Crippen LogP contribution in [0.25, 0.3) is 5.76 Å². The van der Waals surface area contributed by atoms with E-state index in [0.29, 0.717) is 11.1 Å². The number of phenolic OH excluding ortho intramolecular Hbond substituents is 1. The van der Waals surface area contributed by atoms with Gasteiger partial charge in [0.15, 0.2) is 11.4 Å². The Morgan fingerprint density at radius 1 is 1.15 bits per heavy atom. The van der Waals surface area contributed by atoms with Crippen molar-refractivity contribution in [3.8, 4) is 5.75 Å². The first-order valence-electron chi connectivity index (χ1n) is 10.4. The lowest BCUT2D eigenvalue weighted by molar-refractivity contribution is -0.169. The fourth-order valence-corrected chi connectivity index (χ4v) is 5.92. The highest BCUT2D eigenvalue weighted by Gasteiger charge is 2.68. The third-order valence-corrected chi connectivity index (χ3v) is 7.33. The van der Waals surface area contributed by atoms with Gasteiger partial charge in [0.2, 0.25) is 5.78 Å². The highest BCUT2D eigenvalue weighted by atomic mass is 16.4. The van der Waals surface area contributed by atoms with Crippen LogP contribution in [-0.4, -0.2) is 79.7 Å². The highest BCUT2D eigenvalue weighted by molar-refractivity contribution is 6.24. The number of hydrogen-bond acceptors (Lipinski definition) is 9. The Hall–Kier alpha value is -3.21.